The second-order valence-electron chi connectivity index (χ2n) is 5.27. The van der Waals surface area contributed by atoms with E-state index in [2.05, 4.69) is 28.7 Å². The standard InChI is InChI=1S/C14H17IN2O2/c1-14(2,3)17(13(18)19)7-6-11-8-10(9-16)4-5-12(11)15/h4-5,8H,6-7H2,1-3H3,(H,18,19). The van der Waals surface area contributed by atoms with Crippen LogP contribution in [0.4, 0.5) is 4.79 Å². The maximum Gasteiger partial charge on any atom is 0.407 e. The van der Waals surface area contributed by atoms with Crippen molar-refractivity contribution in [2.75, 3.05) is 6.54 Å². The highest BCUT2D eigenvalue weighted by molar-refractivity contribution is 14.1. The van der Waals surface area contributed by atoms with Crippen molar-refractivity contribution in [3.05, 3.63) is 32.9 Å². The van der Waals surface area contributed by atoms with Crippen LogP contribution in [0.1, 0.15) is 31.9 Å². The van der Waals surface area contributed by atoms with Crippen molar-refractivity contribution in [1.82, 2.24) is 4.90 Å². The van der Waals surface area contributed by atoms with Gasteiger partial charge < -0.3 is 10.0 Å². The number of carboxylic acid groups (broad SMARTS) is 1. The number of hydrogen-bond acceptors (Lipinski definition) is 2. The molecule has 0 saturated heterocycles. The molecule has 1 aromatic carbocycles. The van der Waals surface area contributed by atoms with Gasteiger partial charge in [-0.15, -0.1) is 0 Å². The smallest absolute Gasteiger partial charge is 0.407 e. The molecule has 1 N–H and O–H groups in total. The summed E-state index contributed by atoms with van der Waals surface area (Å²) in [6.07, 6.45) is -0.309. The molecule has 0 saturated carbocycles. The molecule has 1 aromatic rings. The summed E-state index contributed by atoms with van der Waals surface area (Å²) in [6.45, 7) is 6.04. The van der Waals surface area contributed by atoms with Crippen molar-refractivity contribution in [2.45, 2.75) is 32.7 Å². The van der Waals surface area contributed by atoms with Crippen LogP contribution in [0, 0.1) is 14.9 Å². The van der Waals surface area contributed by atoms with Crippen LogP contribution in [0.3, 0.4) is 0 Å². The zero-order valence-electron chi connectivity index (χ0n) is 11.3. The lowest BCUT2D eigenvalue weighted by atomic mass is 10.0. The van der Waals surface area contributed by atoms with Crippen LogP contribution in [-0.2, 0) is 6.42 Å². The number of amides is 1. The third-order valence-electron chi connectivity index (χ3n) is 2.82. The fourth-order valence-corrected chi connectivity index (χ4v) is 2.39. The van der Waals surface area contributed by atoms with Gasteiger partial charge in [-0.1, -0.05) is 0 Å². The average Bonchev–Trinajstić information content (AvgIpc) is 2.29. The predicted molar refractivity (Wildman–Crippen MR) is 82.1 cm³/mol. The van der Waals surface area contributed by atoms with Crippen molar-refractivity contribution >= 4 is 28.7 Å². The van der Waals surface area contributed by atoms with Crippen molar-refractivity contribution in [1.29, 1.82) is 5.26 Å². The van der Waals surface area contributed by atoms with Gasteiger partial charge in [-0.25, -0.2) is 4.79 Å². The Hall–Kier alpha value is -1.29. The van der Waals surface area contributed by atoms with E-state index in [-0.39, 0.29) is 0 Å². The van der Waals surface area contributed by atoms with Crippen molar-refractivity contribution < 1.29 is 9.90 Å². The summed E-state index contributed by atoms with van der Waals surface area (Å²) >= 11 is 2.20. The minimum atomic E-state index is -0.918. The second-order valence-corrected chi connectivity index (χ2v) is 6.44. The molecule has 19 heavy (non-hydrogen) atoms. The summed E-state index contributed by atoms with van der Waals surface area (Å²) in [5, 5.41) is 18.1. The van der Waals surface area contributed by atoms with E-state index < -0.39 is 11.6 Å². The third-order valence-corrected chi connectivity index (χ3v) is 3.87. The first-order chi connectivity index (χ1) is 8.75. The van der Waals surface area contributed by atoms with E-state index in [1.807, 2.05) is 32.9 Å². The van der Waals surface area contributed by atoms with Crippen LogP contribution in [0.15, 0.2) is 18.2 Å². The monoisotopic (exact) mass is 372 g/mol. The zero-order chi connectivity index (χ0) is 14.6. The lowest BCUT2D eigenvalue weighted by Crippen LogP contribution is -2.46. The highest BCUT2D eigenvalue weighted by atomic mass is 127. The van der Waals surface area contributed by atoms with E-state index in [9.17, 15) is 9.90 Å². The molecule has 4 nitrogen and oxygen atoms in total. The molecule has 0 fully saturated rings. The number of nitriles is 1. The molecule has 0 heterocycles. The lowest BCUT2D eigenvalue weighted by Gasteiger charge is -2.33. The first-order valence-corrected chi connectivity index (χ1v) is 7.02. The molecule has 0 aliphatic heterocycles. The molecular weight excluding hydrogens is 355 g/mol. The zero-order valence-corrected chi connectivity index (χ0v) is 13.4. The van der Waals surface area contributed by atoms with Crippen LogP contribution in [0.25, 0.3) is 0 Å². The quantitative estimate of drug-likeness (QED) is 0.827. The third kappa shape index (κ3) is 4.39. The van der Waals surface area contributed by atoms with Gasteiger partial charge in [0.15, 0.2) is 0 Å². The maximum atomic E-state index is 11.2. The molecule has 0 spiro atoms. The Morgan fingerprint density at radius 3 is 2.58 bits per heavy atom. The summed E-state index contributed by atoms with van der Waals surface area (Å²) in [7, 11) is 0. The van der Waals surface area contributed by atoms with Gasteiger partial charge in [0, 0.05) is 15.7 Å². The summed E-state index contributed by atoms with van der Waals surface area (Å²) in [4.78, 5) is 12.7. The molecule has 0 aliphatic carbocycles. The number of halogens is 1. The maximum absolute atomic E-state index is 11.2. The Labute approximate surface area is 127 Å². The first-order valence-electron chi connectivity index (χ1n) is 5.95. The molecule has 0 aliphatic rings. The molecular formula is C14H17IN2O2. The summed E-state index contributed by atoms with van der Waals surface area (Å²) in [5.74, 6) is 0. The topological polar surface area (TPSA) is 64.3 Å². The average molecular weight is 372 g/mol. The van der Waals surface area contributed by atoms with E-state index in [4.69, 9.17) is 5.26 Å². The predicted octanol–water partition coefficient (Wildman–Crippen LogP) is 3.48. The molecule has 0 bridgehead atoms. The Bertz CT molecular complexity index is 515. The highest BCUT2D eigenvalue weighted by Crippen LogP contribution is 2.18. The largest absolute Gasteiger partial charge is 0.465 e. The number of hydrogen-bond donors (Lipinski definition) is 1. The summed E-state index contributed by atoms with van der Waals surface area (Å²) in [5.41, 5.74) is 1.19. The summed E-state index contributed by atoms with van der Waals surface area (Å²) < 4.78 is 1.05. The highest BCUT2D eigenvalue weighted by Gasteiger charge is 2.25. The second kappa shape index (κ2) is 6.24. The van der Waals surface area contributed by atoms with E-state index in [0.29, 0.717) is 18.5 Å². The number of nitrogens with zero attached hydrogens (tertiary/aromatic N) is 2. The van der Waals surface area contributed by atoms with Gasteiger partial charge in [0.05, 0.1) is 11.6 Å². The van der Waals surface area contributed by atoms with Gasteiger partial charge >= 0.3 is 6.09 Å². The lowest BCUT2D eigenvalue weighted by molar-refractivity contribution is 0.101. The molecule has 1 rings (SSSR count). The van der Waals surface area contributed by atoms with Gasteiger partial charge in [0.1, 0.15) is 0 Å². The fourth-order valence-electron chi connectivity index (χ4n) is 1.79. The van der Waals surface area contributed by atoms with Crippen molar-refractivity contribution in [2.24, 2.45) is 0 Å². The van der Waals surface area contributed by atoms with Gasteiger partial charge in [0.2, 0.25) is 0 Å². The molecule has 102 valence electrons. The van der Waals surface area contributed by atoms with Crippen LogP contribution >= 0.6 is 22.6 Å². The van der Waals surface area contributed by atoms with Crippen LogP contribution in [0.2, 0.25) is 0 Å². The van der Waals surface area contributed by atoms with E-state index in [0.717, 1.165) is 9.13 Å². The Balaban J connectivity index is 2.86. The van der Waals surface area contributed by atoms with Crippen molar-refractivity contribution in [3.63, 3.8) is 0 Å². The molecule has 0 unspecified atom stereocenters. The van der Waals surface area contributed by atoms with Gasteiger partial charge in [-0.2, -0.15) is 5.26 Å². The van der Waals surface area contributed by atoms with Crippen LogP contribution < -0.4 is 0 Å². The Morgan fingerprint density at radius 1 is 1.47 bits per heavy atom. The molecule has 1 amide bonds. The van der Waals surface area contributed by atoms with Gasteiger partial charge in [-0.05, 0) is 73.5 Å². The van der Waals surface area contributed by atoms with Crippen LogP contribution in [0.5, 0.6) is 0 Å². The summed E-state index contributed by atoms with van der Waals surface area (Å²) in [6, 6.07) is 7.58. The number of carbonyl (C=O) groups is 1. The molecule has 0 aromatic heterocycles. The fraction of sp³-hybridized carbons (Fsp3) is 0.429. The van der Waals surface area contributed by atoms with Crippen molar-refractivity contribution in [3.8, 4) is 6.07 Å². The Kier molecular flexibility index (Phi) is 5.18. The minimum Gasteiger partial charge on any atom is -0.465 e. The van der Waals surface area contributed by atoms with Crippen LogP contribution in [-0.4, -0.2) is 28.2 Å². The first kappa shape index (κ1) is 15.8. The minimum absolute atomic E-state index is 0.420. The van der Waals surface area contributed by atoms with Gasteiger partial charge in [-0.3, -0.25) is 0 Å². The normalized spacial score (nSPS) is 10.9. The van der Waals surface area contributed by atoms with E-state index in [1.54, 1.807) is 6.07 Å². The SMILES string of the molecule is CC(C)(C)N(CCc1cc(C#N)ccc1I)C(=O)O. The van der Waals surface area contributed by atoms with E-state index in [1.165, 1.54) is 4.90 Å². The Morgan fingerprint density at radius 2 is 2.11 bits per heavy atom. The molecule has 0 atom stereocenters. The van der Waals surface area contributed by atoms with E-state index >= 15 is 0 Å². The van der Waals surface area contributed by atoms with Gasteiger partial charge in [0.25, 0.3) is 0 Å². The molecule has 0 radical (unpaired) electrons. The number of benzene rings is 1. The number of rotatable bonds is 3. The molecule has 5 heteroatoms.